The molecule has 0 N–H and O–H groups in total. The number of methoxy groups -OCH3 is 1. The Bertz CT molecular complexity index is 1040. The summed E-state index contributed by atoms with van der Waals surface area (Å²) in [4.78, 5) is 12.6. The van der Waals surface area contributed by atoms with Gasteiger partial charge >= 0.3 is 5.97 Å². The van der Waals surface area contributed by atoms with Gasteiger partial charge < -0.3 is 4.74 Å². The van der Waals surface area contributed by atoms with Crippen LogP contribution in [0.5, 0.6) is 0 Å². The molecule has 0 aliphatic rings. The summed E-state index contributed by atoms with van der Waals surface area (Å²) >= 11 is 0. The molecule has 0 aliphatic heterocycles. The predicted octanol–water partition coefficient (Wildman–Crippen LogP) is 5.18. The monoisotopic (exact) mass is 470 g/mol. The molecule has 1 atom stereocenters. The van der Waals surface area contributed by atoms with Gasteiger partial charge in [0.25, 0.3) is 0 Å². The van der Waals surface area contributed by atoms with E-state index in [0.717, 1.165) is 6.16 Å². The zero-order chi connectivity index (χ0) is 22.9. The van der Waals surface area contributed by atoms with Crippen molar-refractivity contribution in [1.82, 2.24) is 0 Å². The lowest BCUT2D eigenvalue weighted by Gasteiger charge is -2.31. The van der Waals surface area contributed by atoms with Crippen LogP contribution in [0.15, 0.2) is 121 Å². The molecule has 4 rings (SSSR count). The molecule has 0 aliphatic carbocycles. The Morgan fingerprint density at radius 1 is 0.636 bits per heavy atom. The maximum absolute atomic E-state index is 12.6. The van der Waals surface area contributed by atoms with Crippen molar-refractivity contribution in [3.05, 3.63) is 121 Å². The maximum Gasteiger partial charge on any atom is 0.306 e. The van der Waals surface area contributed by atoms with E-state index in [4.69, 9.17) is 4.74 Å². The molecule has 4 aromatic carbocycles. The molecule has 4 aromatic rings. The molecule has 0 aromatic heterocycles. The first-order valence-electron chi connectivity index (χ1n) is 11.1. The van der Waals surface area contributed by atoms with Crippen LogP contribution in [0.3, 0.4) is 0 Å². The molecule has 166 valence electrons. The van der Waals surface area contributed by atoms with E-state index in [-0.39, 0.29) is 11.6 Å². The SMILES string of the molecule is COC(=O)CC(CP(c1ccccc1)c1ccccc1)P(c1ccccc1)c1ccccc1. The molecule has 33 heavy (non-hydrogen) atoms. The first kappa shape index (κ1) is 23.4. The summed E-state index contributed by atoms with van der Waals surface area (Å²) in [5, 5.41) is 5.27. The van der Waals surface area contributed by atoms with Crippen LogP contribution in [0.1, 0.15) is 6.42 Å². The number of rotatable bonds is 9. The van der Waals surface area contributed by atoms with Gasteiger partial charge in [-0.3, -0.25) is 4.79 Å². The summed E-state index contributed by atoms with van der Waals surface area (Å²) in [6.07, 6.45) is 1.33. The Morgan fingerprint density at radius 3 is 1.36 bits per heavy atom. The molecule has 0 saturated heterocycles. The second kappa shape index (κ2) is 11.9. The van der Waals surface area contributed by atoms with Crippen molar-refractivity contribution in [3.8, 4) is 0 Å². The molecule has 4 heteroatoms. The molecule has 2 nitrogen and oxygen atoms in total. The number of benzene rings is 4. The van der Waals surface area contributed by atoms with E-state index in [1.165, 1.54) is 28.3 Å². The zero-order valence-corrected chi connectivity index (χ0v) is 20.5. The first-order chi connectivity index (χ1) is 16.3. The molecule has 0 fully saturated rings. The minimum absolute atomic E-state index is 0.143. The van der Waals surface area contributed by atoms with Crippen molar-refractivity contribution in [3.63, 3.8) is 0 Å². The molecule has 0 amide bonds. The highest BCUT2D eigenvalue weighted by Crippen LogP contribution is 2.48. The van der Waals surface area contributed by atoms with Gasteiger partial charge in [0.15, 0.2) is 0 Å². The third-order valence-electron chi connectivity index (χ3n) is 5.59. The fourth-order valence-electron chi connectivity index (χ4n) is 4.05. The summed E-state index contributed by atoms with van der Waals surface area (Å²) in [6.45, 7) is 0. The largest absolute Gasteiger partial charge is 0.469 e. The van der Waals surface area contributed by atoms with Gasteiger partial charge in [0.2, 0.25) is 0 Å². The Kier molecular flexibility index (Phi) is 8.42. The zero-order valence-electron chi connectivity index (χ0n) is 18.7. The summed E-state index contributed by atoms with van der Waals surface area (Å²) in [6, 6.07) is 42.8. The van der Waals surface area contributed by atoms with Gasteiger partial charge in [-0.25, -0.2) is 0 Å². The molecular weight excluding hydrogens is 442 g/mol. The van der Waals surface area contributed by atoms with E-state index in [0.29, 0.717) is 6.42 Å². The van der Waals surface area contributed by atoms with Crippen LogP contribution in [0.4, 0.5) is 0 Å². The molecule has 0 radical (unpaired) electrons. The van der Waals surface area contributed by atoms with Crippen molar-refractivity contribution in [2.24, 2.45) is 0 Å². The van der Waals surface area contributed by atoms with Crippen molar-refractivity contribution in [2.75, 3.05) is 13.3 Å². The van der Waals surface area contributed by atoms with E-state index in [1.807, 2.05) is 0 Å². The fourth-order valence-corrected chi connectivity index (χ4v) is 9.98. The normalized spacial score (nSPS) is 12.0. The number of ether oxygens (including phenoxy) is 1. The minimum atomic E-state index is -0.750. The lowest BCUT2D eigenvalue weighted by molar-refractivity contribution is -0.140. The highest BCUT2D eigenvalue weighted by molar-refractivity contribution is 7.77. The van der Waals surface area contributed by atoms with Crippen LogP contribution in [-0.4, -0.2) is 24.9 Å². The standard InChI is InChI=1S/C29H28O2P2/c1-31-29(30)22-28(33(26-18-10-4-11-19-26)27-20-12-5-13-21-27)23-32(24-14-6-2-7-15-24)25-16-8-3-9-17-25/h2-21,28H,22-23H2,1H3. The smallest absolute Gasteiger partial charge is 0.306 e. The maximum atomic E-state index is 12.6. The van der Waals surface area contributed by atoms with Gasteiger partial charge in [0, 0.05) is 5.66 Å². The molecular formula is C29H28O2P2. The molecule has 0 saturated carbocycles. The van der Waals surface area contributed by atoms with Crippen LogP contribution in [0.25, 0.3) is 0 Å². The summed E-state index contributed by atoms with van der Waals surface area (Å²) in [7, 11) is 0.109. The third kappa shape index (κ3) is 6.17. The van der Waals surface area contributed by atoms with Crippen LogP contribution < -0.4 is 21.2 Å². The van der Waals surface area contributed by atoms with Crippen molar-refractivity contribution in [1.29, 1.82) is 0 Å². The topological polar surface area (TPSA) is 26.3 Å². The minimum Gasteiger partial charge on any atom is -0.469 e. The Labute approximate surface area is 199 Å². The predicted molar refractivity (Wildman–Crippen MR) is 143 cm³/mol. The van der Waals surface area contributed by atoms with Crippen LogP contribution >= 0.6 is 15.8 Å². The van der Waals surface area contributed by atoms with E-state index in [1.54, 1.807) is 0 Å². The Hall–Kier alpha value is -2.79. The molecule has 0 bridgehead atoms. The summed E-state index contributed by atoms with van der Waals surface area (Å²) in [5.41, 5.74) is 0.156. The molecule has 1 unspecified atom stereocenters. The Balaban J connectivity index is 1.80. The van der Waals surface area contributed by atoms with Crippen molar-refractivity contribution < 1.29 is 9.53 Å². The van der Waals surface area contributed by atoms with Gasteiger partial charge in [-0.15, -0.1) is 0 Å². The van der Waals surface area contributed by atoms with Gasteiger partial charge in [0.05, 0.1) is 13.5 Å². The van der Waals surface area contributed by atoms with E-state index in [2.05, 4.69) is 121 Å². The van der Waals surface area contributed by atoms with Crippen LogP contribution in [0.2, 0.25) is 0 Å². The molecule has 0 heterocycles. The van der Waals surface area contributed by atoms with Gasteiger partial charge in [-0.1, -0.05) is 121 Å². The summed E-state index contributed by atoms with van der Waals surface area (Å²) < 4.78 is 5.17. The summed E-state index contributed by atoms with van der Waals surface area (Å²) in [5.74, 6) is -0.143. The number of esters is 1. The first-order valence-corrected chi connectivity index (χ1v) is 14.0. The number of hydrogen-bond donors (Lipinski definition) is 0. The lowest BCUT2D eigenvalue weighted by atomic mass is 10.3. The number of carbonyl (C=O) groups is 1. The average Bonchev–Trinajstić information content (AvgIpc) is 2.89. The van der Waals surface area contributed by atoms with Crippen LogP contribution in [0, 0.1) is 0 Å². The second-order valence-electron chi connectivity index (χ2n) is 7.76. The van der Waals surface area contributed by atoms with Crippen molar-refractivity contribution in [2.45, 2.75) is 12.1 Å². The highest BCUT2D eigenvalue weighted by Gasteiger charge is 2.30. The van der Waals surface area contributed by atoms with E-state index in [9.17, 15) is 4.79 Å². The van der Waals surface area contributed by atoms with Gasteiger partial charge in [-0.05, 0) is 43.2 Å². The average molecular weight is 470 g/mol. The Morgan fingerprint density at radius 2 is 1.00 bits per heavy atom. The second-order valence-corrected chi connectivity index (χ2v) is 12.5. The quantitative estimate of drug-likeness (QED) is 0.249. The van der Waals surface area contributed by atoms with Gasteiger partial charge in [-0.2, -0.15) is 0 Å². The highest BCUT2D eigenvalue weighted by atomic mass is 31.1. The third-order valence-corrected chi connectivity index (χ3v) is 11.3. The molecule has 0 spiro atoms. The van der Waals surface area contributed by atoms with E-state index < -0.39 is 15.8 Å². The fraction of sp³-hybridized carbons (Fsp3) is 0.138. The number of hydrogen-bond acceptors (Lipinski definition) is 2. The number of carbonyl (C=O) groups excluding carboxylic acids is 1. The van der Waals surface area contributed by atoms with Crippen molar-refractivity contribution >= 4 is 43.0 Å². The van der Waals surface area contributed by atoms with Gasteiger partial charge in [0.1, 0.15) is 0 Å². The lowest BCUT2D eigenvalue weighted by Crippen LogP contribution is -2.29. The van der Waals surface area contributed by atoms with Crippen LogP contribution in [-0.2, 0) is 9.53 Å². The van der Waals surface area contributed by atoms with E-state index >= 15 is 0 Å².